The smallest absolute Gasteiger partial charge is 0.269 e. The molecule has 10 nitrogen and oxygen atoms in total. The fourth-order valence-electron chi connectivity index (χ4n) is 2.76. The number of amides is 1. The number of aromatic nitrogens is 1. The Morgan fingerprint density at radius 3 is 2.64 bits per heavy atom. The molecule has 0 aliphatic heterocycles. The van der Waals surface area contributed by atoms with Crippen LogP contribution in [0.3, 0.4) is 0 Å². The summed E-state index contributed by atoms with van der Waals surface area (Å²) in [7, 11) is 1.42. The molecule has 0 radical (unpaired) electrons. The van der Waals surface area contributed by atoms with Crippen molar-refractivity contribution >= 4 is 35.1 Å². The molecule has 1 N–H and O–H groups in total. The summed E-state index contributed by atoms with van der Waals surface area (Å²) >= 11 is 6.36. The molecule has 0 saturated carbocycles. The monoisotopic (exact) mass is 468 g/mol. The van der Waals surface area contributed by atoms with Crippen LogP contribution in [-0.4, -0.2) is 23.1 Å². The first kappa shape index (κ1) is 23.3. The summed E-state index contributed by atoms with van der Waals surface area (Å²) in [4.78, 5) is 22.7. The number of benzene rings is 2. The largest absolute Gasteiger partial charge is 0.493 e. The average molecular weight is 469 g/mol. The molecule has 1 aromatic heterocycles. The number of nitrogens with one attached hydrogen (secondary N) is 1. The van der Waals surface area contributed by atoms with E-state index in [1.807, 2.05) is 6.07 Å². The van der Waals surface area contributed by atoms with Crippen LogP contribution in [0.5, 0.6) is 11.5 Å². The second-order valence-electron chi connectivity index (χ2n) is 6.69. The topological polar surface area (TPSA) is 141 Å². The van der Waals surface area contributed by atoms with Crippen LogP contribution in [0.25, 0.3) is 6.08 Å². The molecule has 11 heteroatoms. The molecule has 168 valence electrons. The number of carbonyl (C=O) groups is 1. The number of carbonyl (C=O) groups excluding carboxylic acids is 1. The van der Waals surface area contributed by atoms with E-state index in [4.69, 9.17) is 25.6 Å². The Morgan fingerprint density at radius 2 is 2.06 bits per heavy atom. The second-order valence-corrected chi connectivity index (χ2v) is 7.10. The third-order valence-corrected chi connectivity index (χ3v) is 4.61. The Balaban J connectivity index is 1.79. The van der Waals surface area contributed by atoms with Gasteiger partial charge in [-0.3, -0.25) is 14.9 Å². The molecule has 1 amide bonds. The lowest BCUT2D eigenvalue weighted by molar-refractivity contribution is -0.384. The third kappa shape index (κ3) is 5.87. The minimum Gasteiger partial charge on any atom is -0.493 e. The number of halogens is 1. The van der Waals surface area contributed by atoms with Gasteiger partial charge >= 0.3 is 0 Å². The maximum Gasteiger partial charge on any atom is 0.269 e. The van der Waals surface area contributed by atoms with Crippen LogP contribution in [0.1, 0.15) is 16.9 Å². The summed E-state index contributed by atoms with van der Waals surface area (Å²) in [5.74, 6) is 0.549. The Bertz CT molecular complexity index is 1260. The number of aryl methyl sites for hydroxylation is 1. The van der Waals surface area contributed by atoms with Crippen molar-refractivity contribution in [3.8, 4) is 17.6 Å². The normalized spacial score (nSPS) is 10.9. The van der Waals surface area contributed by atoms with Gasteiger partial charge < -0.3 is 19.3 Å². The number of non-ortho nitro benzene ring substituents is 1. The molecule has 3 aromatic rings. The van der Waals surface area contributed by atoms with Crippen molar-refractivity contribution in [2.45, 2.75) is 13.5 Å². The number of anilines is 1. The lowest BCUT2D eigenvalue weighted by Crippen LogP contribution is -2.13. The van der Waals surface area contributed by atoms with Crippen molar-refractivity contribution < 1.29 is 23.7 Å². The third-order valence-electron chi connectivity index (χ3n) is 4.33. The van der Waals surface area contributed by atoms with Gasteiger partial charge in [-0.15, -0.1) is 0 Å². The summed E-state index contributed by atoms with van der Waals surface area (Å²) < 4.78 is 16.0. The van der Waals surface area contributed by atoms with Gasteiger partial charge in [0, 0.05) is 18.2 Å². The molecule has 0 bridgehead atoms. The van der Waals surface area contributed by atoms with Gasteiger partial charge in [0.05, 0.1) is 17.1 Å². The number of hydrogen-bond donors (Lipinski definition) is 1. The maximum absolute atomic E-state index is 12.4. The van der Waals surface area contributed by atoms with E-state index in [9.17, 15) is 20.2 Å². The van der Waals surface area contributed by atoms with Crippen molar-refractivity contribution in [1.29, 1.82) is 5.26 Å². The zero-order valence-corrected chi connectivity index (χ0v) is 18.3. The lowest BCUT2D eigenvalue weighted by Gasteiger charge is -2.13. The van der Waals surface area contributed by atoms with E-state index < -0.39 is 10.8 Å². The van der Waals surface area contributed by atoms with E-state index in [0.717, 1.165) is 0 Å². The van der Waals surface area contributed by atoms with Crippen LogP contribution in [0, 0.1) is 28.4 Å². The highest BCUT2D eigenvalue weighted by atomic mass is 35.5. The fraction of sp³-hybridized carbons (Fsp3) is 0.136. The SMILES string of the molecule is COc1cc(/C=C(/C#N)C(=O)Nc2cc(C)on2)cc(Cl)c1OCc1ccc([N+](=O)[O-])cc1. The van der Waals surface area contributed by atoms with Crippen molar-refractivity contribution in [1.82, 2.24) is 5.16 Å². The predicted molar refractivity (Wildman–Crippen MR) is 119 cm³/mol. The number of nitriles is 1. The molecule has 3 rings (SSSR count). The molecular formula is C22H17ClN4O6. The van der Waals surface area contributed by atoms with Crippen LogP contribution in [0.2, 0.25) is 5.02 Å². The van der Waals surface area contributed by atoms with E-state index in [1.54, 1.807) is 25.1 Å². The zero-order valence-electron chi connectivity index (χ0n) is 17.5. The first-order valence-electron chi connectivity index (χ1n) is 9.41. The van der Waals surface area contributed by atoms with Gasteiger partial charge in [0.15, 0.2) is 17.3 Å². The van der Waals surface area contributed by atoms with Gasteiger partial charge in [-0.25, -0.2) is 0 Å². The molecule has 1 heterocycles. The van der Waals surface area contributed by atoms with Crippen molar-refractivity contribution in [3.63, 3.8) is 0 Å². The van der Waals surface area contributed by atoms with Gasteiger partial charge in [0.25, 0.3) is 11.6 Å². The number of methoxy groups -OCH3 is 1. The van der Waals surface area contributed by atoms with Crippen molar-refractivity contribution in [3.05, 3.63) is 80.1 Å². The van der Waals surface area contributed by atoms with E-state index >= 15 is 0 Å². The van der Waals surface area contributed by atoms with E-state index in [0.29, 0.717) is 16.9 Å². The molecule has 2 aromatic carbocycles. The zero-order chi connectivity index (χ0) is 24.0. The van der Waals surface area contributed by atoms with E-state index in [2.05, 4.69) is 10.5 Å². The van der Waals surface area contributed by atoms with Gasteiger partial charge in [-0.2, -0.15) is 5.26 Å². The number of nitro benzene ring substituents is 1. The summed E-state index contributed by atoms with van der Waals surface area (Å²) in [6.07, 6.45) is 1.34. The molecular weight excluding hydrogens is 452 g/mol. The van der Waals surface area contributed by atoms with Crippen LogP contribution >= 0.6 is 11.6 Å². The average Bonchev–Trinajstić information content (AvgIpc) is 3.20. The van der Waals surface area contributed by atoms with Crippen LogP contribution in [0.15, 0.2) is 52.6 Å². The standard InChI is InChI=1S/C22H17ClN4O6/c1-13-7-20(26-33-13)25-22(28)16(11-24)8-15-9-18(23)21(19(10-15)31-2)32-12-14-3-5-17(6-4-14)27(29)30/h3-10H,12H2,1-2H3,(H,25,26,28)/b16-8-. The Labute approximate surface area is 193 Å². The van der Waals surface area contributed by atoms with E-state index in [-0.39, 0.29) is 40.2 Å². The molecule has 0 spiro atoms. The Kier molecular flexibility index (Phi) is 7.27. The van der Waals surface area contributed by atoms with E-state index in [1.165, 1.54) is 37.5 Å². The Morgan fingerprint density at radius 1 is 1.33 bits per heavy atom. The molecule has 0 saturated heterocycles. The van der Waals surface area contributed by atoms with Crippen LogP contribution < -0.4 is 14.8 Å². The number of nitro groups is 1. The van der Waals surface area contributed by atoms with Crippen LogP contribution in [-0.2, 0) is 11.4 Å². The minimum atomic E-state index is -0.667. The van der Waals surface area contributed by atoms with Crippen LogP contribution in [0.4, 0.5) is 11.5 Å². The van der Waals surface area contributed by atoms with Crippen molar-refractivity contribution in [2.24, 2.45) is 0 Å². The molecule has 0 aliphatic rings. The number of rotatable bonds is 8. The summed E-state index contributed by atoms with van der Waals surface area (Å²) in [5.41, 5.74) is 0.909. The number of ether oxygens (including phenoxy) is 2. The Hall–Kier alpha value is -4.36. The molecule has 0 fully saturated rings. The quantitative estimate of drug-likeness (QED) is 0.217. The first-order chi connectivity index (χ1) is 15.8. The highest BCUT2D eigenvalue weighted by molar-refractivity contribution is 6.32. The van der Waals surface area contributed by atoms with Gasteiger partial charge in [-0.1, -0.05) is 16.8 Å². The fourth-order valence-corrected chi connectivity index (χ4v) is 3.03. The molecule has 33 heavy (non-hydrogen) atoms. The highest BCUT2D eigenvalue weighted by Gasteiger charge is 2.16. The molecule has 0 atom stereocenters. The molecule has 0 unspecified atom stereocenters. The van der Waals surface area contributed by atoms with Crippen molar-refractivity contribution in [2.75, 3.05) is 12.4 Å². The summed E-state index contributed by atoms with van der Waals surface area (Å²) in [6.45, 7) is 1.76. The van der Waals surface area contributed by atoms with Gasteiger partial charge in [0.2, 0.25) is 0 Å². The first-order valence-corrected chi connectivity index (χ1v) is 9.78. The minimum absolute atomic E-state index is 0.0264. The summed E-state index contributed by atoms with van der Waals surface area (Å²) in [6, 6.07) is 12.3. The predicted octanol–water partition coefficient (Wildman–Crippen LogP) is 4.68. The van der Waals surface area contributed by atoms with Gasteiger partial charge in [-0.05, 0) is 48.4 Å². The molecule has 0 aliphatic carbocycles. The van der Waals surface area contributed by atoms with Gasteiger partial charge in [0.1, 0.15) is 24.0 Å². The number of hydrogen-bond acceptors (Lipinski definition) is 8. The number of nitrogens with zero attached hydrogens (tertiary/aromatic N) is 3. The second kappa shape index (κ2) is 10.3. The highest BCUT2D eigenvalue weighted by Crippen LogP contribution is 2.37. The summed E-state index contributed by atoms with van der Waals surface area (Å²) in [5, 5.41) is 26.5. The lowest BCUT2D eigenvalue weighted by atomic mass is 10.1. The maximum atomic E-state index is 12.4.